The molecule has 1 saturated carbocycles. The van der Waals surface area contributed by atoms with Gasteiger partial charge in [-0.1, -0.05) is 12.1 Å². The van der Waals surface area contributed by atoms with Gasteiger partial charge in [0, 0.05) is 13.0 Å². The number of ether oxygens (including phenoxy) is 2. The lowest BCUT2D eigenvalue weighted by Crippen LogP contribution is -2.30. The van der Waals surface area contributed by atoms with Crippen LogP contribution in [0.5, 0.6) is 5.75 Å². The number of benzene rings is 1. The third-order valence-electron chi connectivity index (χ3n) is 3.89. The smallest absolute Gasteiger partial charge is 0.118 e. The van der Waals surface area contributed by atoms with Crippen LogP contribution in [0.2, 0.25) is 0 Å². The largest absolute Gasteiger partial charge is 0.497 e. The summed E-state index contributed by atoms with van der Waals surface area (Å²) in [5.74, 6) is 1.43. The Hall–Kier alpha value is -1.02. The van der Waals surface area contributed by atoms with Crippen LogP contribution in [-0.2, 0) is 4.74 Å². The molecule has 0 heterocycles. The molecule has 0 bridgehead atoms. The fourth-order valence-electron chi connectivity index (χ4n) is 2.74. The van der Waals surface area contributed by atoms with Gasteiger partial charge in [0.25, 0.3) is 0 Å². The Balaban J connectivity index is 2.23. The summed E-state index contributed by atoms with van der Waals surface area (Å²) in [6.45, 7) is 2.22. The van der Waals surface area contributed by atoms with Crippen LogP contribution in [0.4, 0.5) is 0 Å². The van der Waals surface area contributed by atoms with E-state index in [9.17, 15) is 0 Å². The van der Waals surface area contributed by atoms with Crippen LogP contribution < -0.4 is 4.74 Å². The molecule has 0 spiro atoms. The Labute approximate surface area is 97.6 Å². The average molecular weight is 220 g/mol. The number of hydrogen-bond acceptors (Lipinski definition) is 2. The maximum absolute atomic E-state index is 5.69. The lowest BCUT2D eigenvalue weighted by atomic mass is 9.86. The normalized spacial score (nSPS) is 29.3. The summed E-state index contributed by atoms with van der Waals surface area (Å²) in [6, 6.07) is 8.38. The fraction of sp³-hybridized carbons (Fsp3) is 0.571. The summed E-state index contributed by atoms with van der Waals surface area (Å²) in [6.07, 6.45) is 3.62. The van der Waals surface area contributed by atoms with Gasteiger partial charge in [-0.05, 0) is 43.9 Å². The van der Waals surface area contributed by atoms with E-state index in [1.54, 1.807) is 7.11 Å². The summed E-state index contributed by atoms with van der Waals surface area (Å²) in [5, 5.41) is 0. The minimum Gasteiger partial charge on any atom is -0.497 e. The zero-order valence-corrected chi connectivity index (χ0v) is 10.3. The van der Waals surface area contributed by atoms with E-state index >= 15 is 0 Å². The molecule has 0 aromatic heterocycles. The summed E-state index contributed by atoms with van der Waals surface area (Å²) >= 11 is 0. The lowest BCUT2D eigenvalue weighted by Gasteiger charge is -2.30. The Morgan fingerprint density at radius 2 is 1.88 bits per heavy atom. The van der Waals surface area contributed by atoms with Crippen LogP contribution in [-0.4, -0.2) is 19.8 Å². The van der Waals surface area contributed by atoms with E-state index in [2.05, 4.69) is 19.1 Å². The molecule has 1 fully saturated rings. The van der Waals surface area contributed by atoms with Crippen LogP contribution in [0, 0.1) is 0 Å². The van der Waals surface area contributed by atoms with E-state index in [0.717, 1.165) is 12.2 Å². The summed E-state index contributed by atoms with van der Waals surface area (Å²) < 4.78 is 10.9. The van der Waals surface area contributed by atoms with Crippen LogP contribution in [0.25, 0.3) is 0 Å². The zero-order chi connectivity index (χ0) is 11.6. The van der Waals surface area contributed by atoms with Crippen molar-refractivity contribution in [3.8, 4) is 5.75 Å². The second-order valence-corrected chi connectivity index (χ2v) is 4.73. The molecule has 2 rings (SSSR count). The minimum absolute atomic E-state index is 0.00852. The van der Waals surface area contributed by atoms with Gasteiger partial charge in [-0.25, -0.2) is 0 Å². The quantitative estimate of drug-likeness (QED) is 0.777. The maximum Gasteiger partial charge on any atom is 0.118 e. The topological polar surface area (TPSA) is 18.5 Å². The van der Waals surface area contributed by atoms with E-state index in [1.807, 2.05) is 19.2 Å². The van der Waals surface area contributed by atoms with Gasteiger partial charge >= 0.3 is 0 Å². The van der Waals surface area contributed by atoms with E-state index in [4.69, 9.17) is 9.47 Å². The van der Waals surface area contributed by atoms with Crippen molar-refractivity contribution in [2.75, 3.05) is 14.2 Å². The van der Waals surface area contributed by atoms with Crippen LogP contribution in [0.1, 0.15) is 37.7 Å². The Morgan fingerprint density at radius 1 is 1.19 bits per heavy atom. The number of methoxy groups -OCH3 is 2. The molecule has 0 aliphatic heterocycles. The van der Waals surface area contributed by atoms with Crippen LogP contribution in [0.3, 0.4) is 0 Å². The summed E-state index contributed by atoms with van der Waals surface area (Å²) in [4.78, 5) is 0. The van der Waals surface area contributed by atoms with Gasteiger partial charge in [0.15, 0.2) is 0 Å². The first-order valence-corrected chi connectivity index (χ1v) is 5.89. The van der Waals surface area contributed by atoms with Gasteiger partial charge in [-0.3, -0.25) is 0 Å². The monoisotopic (exact) mass is 220 g/mol. The molecule has 0 N–H and O–H groups in total. The molecule has 2 atom stereocenters. The van der Waals surface area contributed by atoms with Crippen molar-refractivity contribution in [3.05, 3.63) is 29.8 Å². The van der Waals surface area contributed by atoms with Crippen molar-refractivity contribution in [2.24, 2.45) is 0 Å². The predicted octanol–water partition coefficient (Wildman–Crippen LogP) is 3.37. The van der Waals surface area contributed by atoms with Crippen molar-refractivity contribution >= 4 is 0 Å². The first kappa shape index (κ1) is 11.5. The highest BCUT2D eigenvalue weighted by atomic mass is 16.5. The molecule has 1 aliphatic rings. The third kappa shape index (κ3) is 1.94. The molecule has 1 aromatic carbocycles. The van der Waals surface area contributed by atoms with Crippen molar-refractivity contribution < 1.29 is 9.47 Å². The first-order valence-electron chi connectivity index (χ1n) is 5.89. The van der Waals surface area contributed by atoms with Gasteiger partial charge in [0.2, 0.25) is 0 Å². The predicted molar refractivity (Wildman–Crippen MR) is 65.0 cm³/mol. The molecule has 1 aromatic rings. The molecule has 1 aliphatic carbocycles. The van der Waals surface area contributed by atoms with E-state index < -0.39 is 0 Å². The van der Waals surface area contributed by atoms with E-state index in [1.165, 1.54) is 18.4 Å². The molecular formula is C14H20O2. The van der Waals surface area contributed by atoms with Crippen molar-refractivity contribution in [1.29, 1.82) is 0 Å². The maximum atomic E-state index is 5.69. The lowest BCUT2D eigenvalue weighted by molar-refractivity contribution is -0.00224. The van der Waals surface area contributed by atoms with E-state index in [0.29, 0.717) is 5.92 Å². The first-order chi connectivity index (χ1) is 7.69. The summed E-state index contributed by atoms with van der Waals surface area (Å²) in [5.41, 5.74) is 1.37. The third-order valence-corrected chi connectivity index (χ3v) is 3.89. The molecule has 0 unspecified atom stereocenters. The molecule has 16 heavy (non-hydrogen) atoms. The van der Waals surface area contributed by atoms with Crippen molar-refractivity contribution in [3.63, 3.8) is 0 Å². The van der Waals surface area contributed by atoms with Gasteiger partial charge in [0.1, 0.15) is 5.75 Å². The minimum atomic E-state index is 0.00852. The van der Waals surface area contributed by atoms with Crippen LogP contribution in [0.15, 0.2) is 24.3 Å². The molecular weight excluding hydrogens is 200 g/mol. The Morgan fingerprint density at radius 3 is 2.44 bits per heavy atom. The second kappa shape index (κ2) is 4.46. The molecule has 88 valence electrons. The molecule has 2 heteroatoms. The molecule has 2 nitrogen and oxygen atoms in total. The van der Waals surface area contributed by atoms with Gasteiger partial charge < -0.3 is 9.47 Å². The molecule has 0 amide bonds. The zero-order valence-electron chi connectivity index (χ0n) is 10.3. The fourth-order valence-corrected chi connectivity index (χ4v) is 2.74. The second-order valence-electron chi connectivity index (χ2n) is 4.73. The SMILES string of the molecule is COc1ccc([C@@H]2CCC[C@@]2(C)OC)cc1. The van der Waals surface area contributed by atoms with Crippen molar-refractivity contribution in [1.82, 2.24) is 0 Å². The summed E-state index contributed by atoms with van der Waals surface area (Å²) in [7, 11) is 3.52. The van der Waals surface area contributed by atoms with Gasteiger partial charge in [0.05, 0.1) is 12.7 Å². The Kier molecular flexibility index (Phi) is 3.20. The van der Waals surface area contributed by atoms with Gasteiger partial charge in [-0.2, -0.15) is 0 Å². The molecule has 0 radical (unpaired) electrons. The Bertz CT molecular complexity index is 344. The number of hydrogen-bond donors (Lipinski definition) is 0. The molecule has 0 saturated heterocycles. The average Bonchev–Trinajstić information content (AvgIpc) is 2.72. The van der Waals surface area contributed by atoms with E-state index in [-0.39, 0.29) is 5.60 Å². The van der Waals surface area contributed by atoms with Crippen LogP contribution >= 0.6 is 0 Å². The highest BCUT2D eigenvalue weighted by molar-refractivity contribution is 5.31. The van der Waals surface area contributed by atoms with Crippen molar-refractivity contribution in [2.45, 2.75) is 37.7 Å². The number of rotatable bonds is 3. The highest BCUT2D eigenvalue weighted by Crippen LogP contribution is 2.44. The standard InChI is InChI=1S/C14H20O2/c1-14(16-3)10-4-5-13(14)11-6-8-12(15-2)9-7-11/h6-9,13H,4-5,10H2,1-3H3/t13-,14+/m0/s1. The van der Waals surface area contributed by atoms with Gasteiger partial charge in [-0.15, -0.1) is 0 Å². The highest BCUT2D eigenvalue weighted by Gasteiger charge is 2.39.